The van der Waals surface area contributed by atoms with Crippen LogP contribution in [-0.4, -0.2) is 66.7 Å². The Kier molecular flexibility index (Phi) is 10.2. The number of ether oxygens (including phenoxy) is 2. The molecule has 4 heterocycles. The number of carbonyl (C=O) groups excluding carboxylic acids is 1. The van der Waals surface area contributed by atoms with Crippen LogP contribution < -0.4 is 20.7 Å². The second-order valence-corrected chi connectivity index (χ2v) is 12.1. The number of anilines is 2. The molecule has 4 N–H and O–H groups in total. The molecule has 0 aromatic carbocycles. The number of alkyl halides is 3. The van der Waals surface area contributed by atoms with Gasteiger partial charge in [0.15, 0.2) is 11.7 Å². The molecule has 2 aromatic rings. The number of amides is 1. The summed E-state index contributed by atoms with van der Waals surface area (Å²) in [6, 6.07) is 7.05. The lowest BCUT2D eigenvalue weighted by molar-refractivity contribution is -0.255. The maximum atomic E-state index is 13.5. The number of hydrogen-bond donors (Lipinski definition) is 3. The van der Waals surface area contributed by atoms with Crippen LogP contribution in [0.5, 0.6) is 0 Å². The van der Waals surface area contributed by atoms with Crippen molar-refractivity contribution < 1.29 is 27.4 Å². The molecule has 1 amide bonds. The average Bonchev–Trinajstić information content (AvgIpc) is 3.41. The summed E-state index contributed by atoms with van der Waals surface area (Å²) >= 11 is 1.15. The zero-order valence-corrected chi connectivity index (χ0v) is 25.9. The summed E-state index contributed by atoms with van der Waals surface area (Å²) < 4.78 is 54.6. The Morgan fingerprint density at radius 1 is 1.31 bits per heavy atom. The minimum atomic E-state index is -4.25. The number of allylic oxidation sites excluding steroid dienone is 1. The molecular weight excluding hydrogens is 607 g/mol. The van der Waals surface area contributed by atoms with Gasteiger partial charge >= 0.3 is 6.18 Å². The monoisotopic (exact) mass is 645 g/mol. The maximum absolute atomic E-state index is 13.5. The van der Waals surface area contributed by atoms with Crippen molar-refractivity contribution >= 4 is 41.5 Å². The number of aromatic nitrogens is 2. The van der Waals surface area contributed by atoms with Gasteiger partial charge in [0.1, 0.15) is 16.7 Å². The number of aliphatic imine (C=N–C) groups is 1. The smallest absolute Gasteiger partial charge is 0.394 e. The van der Waals surface area contributed by atoms with Gasteiger partial charge in [0.2, 0.25) is 0 Å². The van der Waals surface area contributed by atoms with Crippen molar-refractivity contribution in [3.8, 4) is 0 Å². The Hall–Kier alpha value is -3.78. The number of fused-ring (bicyclic) bond motifs is 6. The van der Waals surface area contributed by atoms with Gasteiger partial charge in [-0.05, 0) is 55.9 Å². The third-order valence-corrected chi connectivity index (χ3v) is 9.32. The van der Waals surface area contributed by atoms with E-state index in [1.165, 1.54) is 12.3 Å². The first kappa shape index (κ1) is 32.6. The van der Waals surface area contributed by atoms with E-state index in [-0.39, 0.29) is 49.8 Å². The Bertz CT molecular complexity index is 1450. The molecule has 242 valence electrons. The fourth-order valence-corrected chi connectivity index (χ4v) is 6.46. The zero-order chi connectivity index (χ0) is 32.0. The molecule has 4 bridgehead atoms. The predicted octanol–water partition coefficient (Wildman–Crippen LogP) is 5.69. The molecule has 2 aliphatic heterocycles. The SMILES string of the molecule is C=CC1CC2CN1c1nc(N=CC=C(N)OCCC3(C(F)(F)F)CCC3)ccc1C(=O)NSc1nc(ccc1CC)NCCO2. The number of rotatable bonds is 8. The Balaban J connectivity index is 1.34. The van der Waals surface area contributed by atoms with Gasteiger partial charge < -0.3 is 25.4 Å². The maximum Gasteiger partial charge on any atom is 0.394 e. The lowest BCUT2D eigenvalue weighted by Crippen LogP contribution is -2.44. The van der Waals surface area contributed by atoms with Crippen molar-refractivity contribution in [2.75, 3.05) is 36.5 Å². The van der Waals surface area contributed by atoms with Gasteiger partial charge in [-0.15, -0.1) is 6.58 Å². The van der Waals surface area contributed by atoms with Crippen LogP contribution in [0.2, 0.25) is 0 Å². The summed E-state index contributed by atoms with van der Waals surface area (Å²) in [7, 11) is 0. The number of aryl methyl sites for hydroxylation is 1. The van der Waals surface area contributed by atoms with Gasteiger partial charge in [-0.1, -0.05) is 25.5 Å². The summed E-state index contributed by atoms with van der Waals surface area (Å²) in [5, 5.41) is 3.98. The van der Waals surface area contributed by atoms with E-state index in [0.717, 1.165) is 23.9 Å². The molecule has 2 fully saturated rings. The second-order valence-electron chi connectivity index (χ2n) is 11.3. The predicted molar refractivity (Wildman–Crippen MR) is 169 cm³/mol. The topological polar surface area (TPSA) is 127 Å². The molecule has 1 saturated carbocycles. The third-order valence-electron chi connectivity index (χ3n) is 8.48. The first-order valence-corrected chi connectivity index (χ1v) is 15.9. The van der Waals surface area contributed by atoms with Crippen LogP contribution >= 0.6 is 11.9 Å². The molecule has 2 atom stereocenters. The highest BCUT2D eigenvalue weighted by Crippen LogP contribution is 2.55. The van der Waals surface area contributed by atoms with Crippen LogP contribution in [0.15, 0.2) is 58.9 Å². The molecule has 5 rings (SSSR count). The lowest BCUT2D eigenvalue weighted by atomic mass is 9.66. The Labute approximate surface area is 264 Å². The molecule has 10 nitrogen and oxygen atoms in total. The summed E-state index contributed by atoms with van der Waals surface area (Å²) in [4.78, 5) is 29.3. The van der Waals surface area contributed by atoms with Crippen LogP contribution in [0.1, 0.15) is 54.9 Å². The van der Waals surface area contributed by atoms with Gasteiger partial charge in [0.25, 0.3) is 5.91 Å². The van der Waals surface area contributed by atoms with E-state index >= 15 is 0 Å². The first-order chi connectivity index (χ1) is 21.6. The fraction of sp³-hybridized carbons (Fsp3) is 0.484. The highest BCUT2D eigenvalue weighted by molar-refractivity contribution is 7.98. The van der Waals surface area contributed by atoms with Crippen molar-refractivity contribution in [3.63, 3.8) is 0 Å². The fourth-order valence-electron chi connectivity index (χ4n) is 5.68. The summed E-state index contributed by atoms with van der Waals surface area (Å²) in [5.41, 5.74) is 5.55. The van der Waals surface area contributed by atoms with Crippen molar-refractivity contribution in [3.05, 3.63) is 60.0 Å². The van der Waals surface area contributed by atoms with Crippen LogP contribution in [-0.2, 0) is 15.9 Å². The number of halogens is 3. The highest BCUT2D eigenvalue weighted by Gasteiger charge is 2.57. The Morgan fingerprint density at radius 2 is 2.13 bits per heavy atom. The second kappa shape index (κ2) is 14.1. The van der Waals surface area contributed by atoms with E-state index in [2.05, 4.69) is 26.6 Å². The third kappa shape index (κ3) is 7.55. The van der Waals surface area contributed by atoms with E-state index < -0.39 is 11.6 Å². The molecule has 2 aromatic heterocycles. The van der Waals surface area contributed by atoms with Crippen LogP contribution in [0, 0.1) is 5.41 Å². The minimum Gasteiger partial charge on any atom is -0.479 e. The minimum absolute atomic E-state index is 0.0501. The molecule has 1 aliphatic carbocycles. The van der Waals surface area contributed by atoms with E-state index in [9.17, 15) is 18.0 Å². The molecule has 14 heteroatoms. The first-order valence-electron chi connectivity index (χ1n) is 15.0. The number of hydrogen-bond acceptors (Lipinski definition) is 10. The standard InChI is InChI=1S/C31H38F3N7O3S/c1-3-20-6-8-26-37-15-17-43-22-18-21(4-2)41(19-22)27-23(28(42)40-45-29(20)39-26)7-9-25(38-27)36-14-10-24(35)44-16-13-30(11-5-12-30)31(32,33)34/h4,6-10,14,21-22H,2-3,5,11-13,15-19,35H2,1H3,(H,37,39)(H,40,42). The summed E-state index contributed by atoms with van der Waals surface area (Å²) in [5.74, 6) is 1.04. The van der Waals surface area contributed by atoms with Gasteiger partial charge in [-0.25, -0.2) is 15.0 Å². The van der Waals surface area contributed by atoms with Crippen LogP contribution in [0.3, 0.4) is 0 Å². The van der Waals surface area contributed by atoms with E-state index in [4.69, 9.17) is 20.2 Å². The van der Waals surface area contributed by atoms with E-state index in [1.54, 1.807) is 12.1 Å². The van der Waals surface area contributed by atoms with Crippen molar-refractivity contribution in [1.82, 2.24) is 14.7 Å². The molecule has 2 unspecified atom stereocenters. The van der Waals surface area contributed by atoms with Crippen molar-refractivity contribution in [2.45, 2.75) is 68.8 Å². The molecule has 0 radical (unpaired) electrons. The van der Waals surface area contributed by atoms with Crippen molar-refractivity contribution in [2.24, 2.45) is 16.1 Å². The number of carbonyl (C=O) groups is 1. The number of nitrogens with zero attached hydrogens (tertiary/aromatic N) is 4. The average molecular weight is 646 g/mol. The molecule has 45 heavy (non-hydrogen) atoms. The number of nitrogens with one attached hydrogen (secondary N) is 2. The number of pyridine rings is 2. The molecule has 0 spiro atoms. The van der Waals surface area contributed by atoms with E-state index in [1.807, 2.05) is 30.0 Å². The van der Waals surface area contributed by atoms with Crippen LogP contribution in [0.25, 0.3) is 0 Å². The molecule has 3 aliphatic rings. The van der Waals surface area contributed by atoms with Gasteiger partial charge in [0, 0.05) is 37.3 Å². The zero-order valence-electron chi connectivity index (χ0n) is 25.1. The van der Waals surface area contributed by atoms with Gasteiger partial charge in [-0.3, -0.25) is 9.52 Å². The van der Waals surface area contributed by atoms with Gasteiger partial charge in [0.05, 0.1) is 36.3 Å². The number of nitrogens with two attached hydrogens (primary N) is 1. The van der Waals surface area contributed by atoms with Crippen molar-refractivity contribution in [1.29, 1.82) is 0 Å². The Morgan fingerprint density at radius 3 is 2.84 bits per heavy atom. The highest BCUT2D eigenvalue weighted by atomic mass is 32.2. The largest absolute Gasteiger partial charge is 0.479 e. The molecule has 1 saturated heterocycles. The summed E-state index contributed by atoms with van der Waals surface area (Å²) in [6.07, 6.45) is 2.27. The quantitative estimate of drug-likeness (QED) is 0.144. The lowest BCUT2D eigenvalue weighted by Gasteiger charge is -2.43. The van der Waals surface area contributed by atoms with Gasteiger partial charge in [-0.2, -0.15) is 13.2 Å². The molecular formula is C31H38F3N7O3S. The van der Waals surface area contributed by atoms with E-state index in [0.29, 0.717) is 60.6 Å². The van der Waals surface area contributed by atoms with Crippen LogP contribution in [0.4, 0.5) is 30.6 Å². The summed E-state index contributed by atoms with van der Waals surface area (Å²) in [6.45, 7) is 7.42. The normalized spacial score (nSPS) is 22.0.